The Hall–Kier alpha value is -2.21. The number of benzene rings is 1. The van der Waals surface area contributed by atoms with Crippen molar-refractivity contribution in [2.45, 2.75) is 38.8 Å². The van der Waals surface area contributed by atoms with Crippen LogP contribution >= 0.6 is 0 Å². The van der Waals surface area contributed by atoms with Crippen molar-refractivity contribution < 1.29 is 14.4 Å². The summed E-state index contributed by atoms with van der Waals surface area (Å²) >= 11 is 0. The molecule has 2 rings (SSSR count). The second-order valence-corrected chi connectivity index (χ2v) is 5.83. The molecule has 0 fully saturated rings. The summed E-state index contributed by atoms with van der Waals surface area (Å²) in [6, 6.07) is 8.18. The van der Waals surface area contributed by atoms with E-state index in [2.05, 4.69) is 15.5 Å². The lowest BCUT2D eigenvalue weighted by molar-refractivity contribution is -0.139. The van der Waals surface area contributed by atoms with Crippen LogP contribution in [-0.4, -0.2) is 21.2 Å². The standard InChI is InChI=1S/C15H19N3O3/c1-15(2,3)14-17-11(18-21-14)9-16-12(13(19)20)10-7-5-4-6-8-10/h4-8,12,16H,9H2,1-3H3,(H,19,20). The number of hydrogen-bond acceptors (Lipinski definition) is 5. The minimum absolute atomic E-state index is 0.225. The largest absolute Gasteiger partial charge is 0.480 e. The van der Waals surface area contributed by atoms with Crippen LogP contribution in [0.15, 0.2) is 34.9 Å². The maximum absolute atomic E-state index is 11.4. The van der Waals surface area contributed by atoms with Gasteiger partial charge in [-0.15, -0.1) is 0 Å². The molecule has 0 amide bonds. The van der Waals surface area contributed by atoms with Gasteiger partial charge in [-0.05, 0) is 5.56 Å². The first-order chi connectivity index (χ1) is 9.88. The van der Waals surface area contributed by atoms with Crippen LogP contribution in [0.3, 0.4) is 0 Å². The topological polar surface area (TPSA) is 88.2 Å². The zero-order chi connectivity index (χ0) is 15.5. The molecule has 6 heteroatoms. The Kier molecular flexibility index (Phi) is 4.37. The number of carboxylic acids is 1. The number of carboxylic acid groups (broad SMARTS) is 1. The molecule has 2 N–H and O–H groups in total. The van der Waals surface area contributed by atoms with Gasteiger partial charge in [-0.25, -0.2) is 0 Å². The monoisotopic (exact) mass is 289 g/mol. The Balaban J connectivity index is 2.06. The van der Waals surface area contributed by atoms with E-state index in [4.69, 9.17) is 4.52 Å². The van der Waals surface area contributed by atoms with E-state index >= 15 is 0 Å². The first-order valence-electron chi connectivity index (χ1n) is 6.72. The van der Waals surface area contributed by atoms with E-state index in [1.165, 1.54) is 0 Å². The van der Waals surface area contributed by atoms with Crippen LogP contribution < -0.4 is 5.32 Å². The third-order valence-corrected chi connectivity index (χ3v) is 2.95. The van der Waals surface area contributed by atoms with E-state index in [0.29, 0.717) is 17.3 Å². The second-order valence-electron chi connectivity index (χ2n) is 5.83. The Morgan fingerprint density at radius 3 is 2.52 bits per heavy atom. The average Bonchev–Trinajstić information content (AvgIpc) is 2.88. The summed E-state index contributed by atoms with van der Waals surface area (Å²) in [4.78, 5) is 15.6. The number of aliphatic carboxylic acids is 1. The molecule has 112 valence electrons. The molecule has 0 aliphatic heterocycles. The van der Waals surface area contributed by atoms with E-state index in [1.54, 1.807) is 24.3 Å². The zero-order valence-electron chi connectivity index (χ0n) is 12.3. The highest BCUT2D eigenvalue weighted by Crippen LogP contribution is 2.20. The highest BCUT2D eigenvalue weighted by atomic mass is 16.5. The summed E-state index contributed by atoms with van der Waals surface area (Å²) in [6.45, 7) is 6.15. The normalized spacial score (nSPS) is 13.1. The number of carbonyl (C=O) groups is 1. The molecule has 1 aromatic carbocycles. The molecule has 0 spiro atoms. The molecule has 2 aromatic rings. The summed E-state index contributed by atoms with van der Waals surface area (Å²) < 4.78 is 5.18. The molecular formula is C15H19N3O3. The second kappa shape index (κ2) is 6.05. The lowest BCUT2D eigenvalue weighted by atomic mass is 9.97. The minimum atomic E-state index is -0.944. The molecule has 1 atom stereocenters. The van der Waals surface area contributed by atoms with Gasteiger partial charge in [0.05, 0.1) is 6.54 Å². The molecule has 0 radical (unpaired) electrons. The van der Waals surface area contributed by atoms with E-state index in [9.17, 15) is 9.90 Å². The molecule has 1 unspecified atom stereocenters. The molecule has 1 heterocycles. The van der Waals surface area contributed by atoms with Crippen molar-refractivity contribution in [2.24, 2.45) is 0 Å². The Labute approximate surface area is 123 Å². The van der Waals surface area contributed by atoms with Crippen molar-refractivity contribution in [2.75, 3.05) is 0 Å². The van der Waals surface area contributed by atoms with Crippen LogP contribution in [0.5, 0.6) is 0 Å². The van der Waals surface area contributed by atoms with Gasteiger partial charge in [-0.1, -0.05) is 56.3 Å². The summed E-state index contributed by atoms with van der Waals surface area (Å²) in [5.74, 6) is 0.0359. The van der Waals surface area contributed by atoms with Crippen LogP contribution in [0.4, 0.5) is 0 Å². The maximum Gasteiger partial charge on any atom is 0.325 e. The van der Waals surface area contributed by atoms with Crippen LogP contribution in [0.25, 0.3) is 0 Å². The van der Waals surface area contributed by atoms with Crippen molar-refractivity contribution >= 4 is 5.97 Å². The highest BCUT2D eigenvalue weighted by Gasteiger charge is 2.23. The third kappa shape index (κ3) is 3.88. The van der Waals surface area contributed by atoms with Crippen molar-refractivity contribution in [3.8, 4) is 0 Å². The summed E-state index contributed by atoms with van der Waals surface area (Å²) in [7, 11) is 0. The molecule has 0 saturated carbocycles. The van der Waals surface area contributed by atoms with Crippen LogP contribution in [-0.2, 0) is 16.8 Å². The van der Waals surface area contributed by atoms with E-state index in [1.807, 2.05) is 26.8 Å². The van der Waals surface area contributed by atoms with Crippen LogP contribution in [0.1, 0.15) is 44.1 Å². The lowest BCUT2D eigenvalue weighted by Crippen LogP contribution is -2.28. The van der Waals surface area contributed by atoms with E-state index < -0.39 is 12.0 Å². The van der Waals surface area contributed by atoms with E-state index in [-0.39, 0.29) is 12.0 Å². The number of hydrogen-bond donors (Lipinski definition) is 2. The fourth-order valence-electron chi connectivity index (χ4n) is 1.82. The van der Waals surface area contributed by atoms with Gasteiger partial charge in [-0.3, -0.25) is 10.1 Å². The van der Waals surface area contributed by atoms with Gasteiger partial charge in [0.1, 0.15) is 6.04 Å². The lowest BCUT2D eigenvalue weighted by Gasteiger charge is -2.13. The summed E-state index contributed by atoms with van der Waals surface area (Å²) in [5, 5.41) is 16.1. The predicted octanol–water partition coefficient (Wildman–Crippen LogP) is 2.28. The van der Waals surface area contributed by atoms with Crippen molar-refractivity contribution in [1.82, 2.24) is 15.5 Å². The average molecular weight is 289 g/mol. The fraction of sp³-hybridized carbons (Fsp3) is 0.400. The van der Waals surface area contributed by atoms with Crippen molar-refractivity contribution in [1.29, 1.82) is 0 Å². The number of nitrogens with zero attached hydrogens (tertiary/aromatic N) is 2. The van der Waals surface area contributed by atoms with Crippen molar-refractivity contribution in [3.05, 3.63) is 47.6 Å². The zero-order valence-corrected chi connectivity index (χ0v) is 12.3. The molecule has 21 heavy (non-hydrogen) atoms. The Morgan fingerprint density at radius 2 is 2.00 bits per heavy atom. The molecule has 0 aliphatic rings. The SMILES string of the molecule is CC(C)(C)c1nc(CNC(C(=O)O)c2ccccc2)no1. The number of aromatic nitrogens is 2. The Bertz CT molecular complexity index is 602. The van der Waals surface area contributed by atoms with Gasteiger partial charge < -0.3 is 9.63 Å². The summed E-state index contributed by atoms with van der Waals surface area (Å²) in [6.07, 6.45) is 0. The van der Waals surface area contributed by atoms with Crippen molar-refractivity contribution in [3.63, 3.8) is 0 Å². The number of rotatable bonds is 5. The van der Waals surface area contributed by atoms with Gasteiger partial charge in [0, 0.05) is 5.41 Å². The van der Waals surface area contributed by atoms with Crippen LogP contribution in [0, 0.1) is 0 Å². The molecular weight excluding hydrogens is 270 g/mol. The maximum atomic E-state index is 11.4. The predicted molar refractivity (Wildman–Crippen MR) is 76.7 cm³/mol. The smallest absolute Gasteiger partial charge is 0.325 e. The molecule has 0 aliphatic carbocycles. The third-order valence-electron chi connectivity index (χ3n) is 2.95. The van der Waals surface area contributed by atoms with Gasteiger partial charge in [-0.2, -0.15) is 4.98 Å². The first kappa shape index (κ1) is 15.2. The van der Waals surface area contributed by atoms with Gasteiger partial charge in [0.25, 0.3) is 0 Å². The highest BCUT2D eigenvalue weighted by molar-refractivity contribution is 5.75. The quantitative estimate of drug-likeness (QED) is 0.878. The van der Waals surface area contributed by atoms with E-state index in [0.717, 1.165) is 0 Å². The molecule has 0 bridgehead atoms. The fourth-order valence-corrected chi connectivity index (χ4v) is 1.82. The number of nitrogens with one attached hydrogen (secondary N) is 1. The van der Waals surface area contributed by atoms with Gasteiger partial charge in [0.2, 0.25) is 5.89 Å². The molecule has 6 nitrogen and oxygen atoms in total. The summed E-state index contributed by atoms with van der Waals surface area (Å²) in [5.41, 5.74) is 0.459. The molecule has 0 saturated heterocycles. The minimum Gasteiger partial charge on any atom is -0.480 e. The molecule has 1 aromatic heterocycles. The van der Waals surface area contributed by atoms with Gasteiger partial charge in [0.15, 0.2) is 5.82 Å². The first-order valence-corrected chi connectivity index (χ1v) is 6.72. The van der Waals surface area contributed by atoms with Crippen LogP contribution in [0.2, 0.25) is 0 Å². The van der Waals surface area contributed by atoms with Gasteiger partial charge >= 0.3 is 5.97 Å². The Morgan fingerprint density at radius 1 is 1.33 bits per heavy atom.